The maximum atomic E-state index is 9.79. The van der Waals surface area contributed by atoms with Gasteiger partial charge >= 0.3 is 12.0 Å². The third kappa shape index (κ3) is 6.41. The zero-order valence-electron chi connectivity index (χ0n) is 4.37. The molecule has 6 heteroatoms. The van der Waals surface area contributed by atoms with Gasteiger partial charge in [-0.15, -0.1) is 0 Å². The predicted octanol–water partition coefficient (Wildman–Crippen LogP) is -1.27. The van der Waals surface area contributed by atoms with Crippen molar-refractivity contribution in [3.63, 3.8) is 0 Å². The molecule has 0 aromatic carbocycles. The molecule has 0 aliphatic rings. The second-order valence-electron chi connectivity index (χ2n) is 1.07. The Labute approximate surface area is 50.3 Å². The number of aliphatic carboxylic acids is 1. The minimum Gasteiger partial charge on any atom is -0.477 e. The summed E-state index contributed by atoms with van der Waals surface area (Å²) in [4.78, 5) is 19.4. The summed E-state index contributed by atoms with van der Waals surface area (Å²) in [7, 11) is 0. The number of carbonyl (C=O) groups excluding carboxylic acids is 1. The maximum absolute atomic E-state index is 9.79. The molecule has 0 saturated heterocycles. The molecule has 0 atom stereocenters. The van der Waals surface area contributed by atoms with Gasteiger partial charge in [0.1, 0.15) is 6.21 Å². The van der Waals surface area contributed by atoms with E-state index in [1.165, 1.54) is 0 Å². The number of nitrogens with zero attached hydrogens (tertiary/aromatic N) is 1. The first kappa shape index (κ1) is 7.41. The molecule has 0 rings (SSSR count). The van der Waals surface area contributed by atoms with Crippen LogP contribution in [0.15, 0.2) is 5.10 Å². The van der Waals surface area contributed by atoms with Crippen LogP contribution >= 0.6 is 0 Å². The SMILES string of the molecule is NC(=O)N/N=C/C(=O)O. The lowest BCUT2D eigenvalue weighted by Crippen LogP contribution is -2.24. The molecule has 0 unspecified atom stereocenters. The van der Waals surface area contributed by atoms with Crippen molar-refractivity contribution in [3.05, 3.63) is 0 Å². The molecule has 2 amide bonds. The molecule has 4 N–H and O–H groups in total. The highest BCUT2D eigenvalue weighted by atomic mass is 16.4. The zero-order valence-corrected chi connectivity index (χ0v) is 4.37. The van der Waals surface area contributed by atoms with E-state index >= 15 is 0 Å². The van der Waals surface area contributed by atoms with Crippen molar-refractivity contribution in [2.24, 2.45) is 10.8 Å². The highest BCUT2D eigenvalue weighted by Crippen LogP contribution is 1.57. The van der Waals surface area contributed by atoms with Gasteiger partial charge in [-0.1, -0.05) is 0 Å². The Morgan fingerprint density at radius 2 is 2.22 bits per heavy atom. The van der Waals surface area contributed by atoms with E-state index < -0.39 is 12.0 Å². The minimum atomic E-state index is -1.25. The summed E-state index contributed by atoms with van der Waals surface area (Å²) in [5.74, 6) is -1.25. The van der Waals surface area contributed by atoms with Gasteiger partial charge in [0.25, 0.3) is 0 Å². The molecule has 0 aliphatic carbocycles. The summed E-state index contributed by atoms with van der Waals surface area (Å²) in [5.41, 5.74) is 6.23. The highest BCUT2D eigenvalue weighted by Gasteiger charge is 1.86. The number of primary amides is 1. The number of hydrogen-bond acceptors (Lipinski definition) is 3. The molecular weight excluding hydrogens is 126 g/mol. The van der Waals surface area contributed by atoms with Gasteiger partial charge in [-0.2, -0.15) is 5.10 Å². The summed E-state index contributed by atoms with van der Waals surface area (Å²) >= 11 is 0. The fourth-order valence-electron chi connectivity index (χ4n) is 0.151. The van der Waals surface area contributed by atoms with Crippen molar-refractivity contribution in [3.8, 4) is 0 Å². The van der Waals surface area contributed by atoms with Crippen LogP contribution in [0.3, 0.4) is 0 Å². The quantitative estimate of drug-likeness (QED) is 0.321. The Morgan fingerprint density at radius 1 is 1.67 bits per heavy atom. The van der Waals surface area contributed by atoms with Gasteiger partial charge in [-0.05, 0) is 0 Å². The van der Waals surface area contributed by atoms with E-state index in [4.69, 9.17) is 5.11 Å². The number of hydrogen-bond donors (Lipinski definition) is 3. The van der Waals surface area contributed by atoms with Gasteiger partial charge in [-0.3, -0.25) is 0 Å². The Bertz CT molecular complexity index is 152. The normalized spacial score (nSPS) is 9.33. The van der Waals surface area contributed by atoms with E-state index in [1.54, 1.807) is 5.43 Å². The van der Waals surface area contributed by atoms with Crippen LogP contribution in [0.4, 0.5) is 4.79 Å². The number of nitrogens with one attached hydrogen (secondary N) is 1. The predicted molar refractivity (Wildman–Crippen MR) is 28.8 cm³/mol. The number of nitrogens with two attached hydrogens (primary N) is 1. The van der Waals surface area contributed by atoms with Crippen molar-refractivity contribution < 1.29 is 14.7 Å². The second-order valence-corrected chi connectivity index (χ2v) is 1.07. The van der Waals surface area contributed by atoms with Gasteiger partial charge in [0, 0.05) is 0 Å². The smallest absolute Gasteiger partial charge is 0.348 e. The first-order valence-corrected chi connectivity index (χ1v) is 1.94. The van der Waals surface area contributed by atoms with E-state index in [1.807, 2.05) is 0 Å². The van der Waals surface area contributed by atoms with Crippen LogP contribution in [-0.4, -0.2) is 23.3 Å². The van der Waals surface area contributed by atoms with Gasteiger partial charge in [-0.25, -0.2) is 15.0 Å². The van der Waals surface area contributed by atoms with E-state index in [9.17, 15) is 9.59 Å². The monoisotopic (exact) mass is 131 g/mol. The van der Waals surface area contributed by atoms with E-state index in [0.29, 0.717) is 6.21 Å². The van der Waals surface area contributed by atoms with Crippen LogP contribution in [0.1, 0.15) is 0 Å². The number of carboxylic acid groups (broad SMARTS) is 1. The molecule has 0 aliphatic heterocycles. The van der Waals surface area contributed by atoms with Gasteiger partial charge < -0.3 is 10.8 Å². The van der Waals surface area contributed by atoms with Crippen LogP contribution in [0.5, 0.6) is 0 Å². The van der Waals surface area contributed by atoms with E-state index in [-0.39, 0.29) is 0 Å². The molecule has 0 aromatic rings. The number of carbonyl (C=O) groups is 2. The number of rotatable bonds is 2. The molecule has 0 saturated carbocycles. The van der Waals surface area contributed by atoms with Crippen LogP contribution in [0.2, 0.25) is 0 Å². The van der Waals surface area contributed by atoms with Crippen molar-refractivity contribution in [1.29, 1.82) is 0 Å². The third-order valence-corrected chi connectivity index (χ3v) is 0.350. The highest BCUT2D eigenvalue weighted by molar-refractivity contribution is 6.22. The Morgan fingerprint density at radius 3 is 2.56 bits per heavy atom. The lowest BCUT2D eigenvalue weighted by molar-refractivity contribution is -0.128. The molecule has 0 aromatic heterocycles. The first-order chi connectivity index (χ1) is 4.13. The molecule has 0 spiro atoms. The minimum absolute atomic E-state index is 0.519. The topological polar surface area (TPSA) is 105 Å². The van der Waals surface area contributed by atoms with E-state index in [2.05, 4.69) is 10.8 Å². The van der Waals surface area contributed by atoms with Crippen molar-refractivity contribution in [2.75, 3.05) is 0 Å². The number of amides is 2. The lowest BCUT2D eigenvalue weighted by atomic mass is 10.8. The van der Waals surface area contributed by atoms with Crippen LogP contribution in [0.25, 0.3) is 0 Å². The number of urea groups is 1. The van der Waals surface area contributed by atoms with Crippen molar-refractivity contribution >= 4 is 18.2 Å². The zero-order chi connectivity index (χ0) is 7.28. The molecule has 50 valence electrons. The molecule has 0 fully saturated rings. The van der Waals surface area contributed by atoms with Gasteiger partial charge in [0.2, 0.25) is 0 Å². The molecule has 6 nitrogen and oxygen atoms in total. The summed E-state index contributed by atoms with van der Waals surface area (Å²) in [6.07, 6.45) is 0.519. The Kier molecular flexibility index (Phi) is 2.81. The molecule has 0 heterocycles. The lowest BCUT2D eigenvalue weighted by Gasteiger charge is -1.86. The molecule has 0 radical (unpaired) electrons. The van der Waals surface area contributed by atoms with Crippen molar-refractivity contribution in [1.82, 2.24) is 5.43 Å². The Hall–Kier alpha value is -1.59. The van der Waals surface area contributed by atoms with Crippen LogP contribution < -0.4 is 11.2 Å². The molecule has 9 heavy (non-hydrogen) atoms. The summed E-state index contributed by atoms with van der Waals surface area (Å²) in [6.45, 7) is 0. The van der Waals surface area contributed by atoms with Crippen LogP contribution in [0, 0.1) is 0 Å². The second kappa shape index (κ2) is 3.42. The average molecular weight is 131 g/mol. The summed E-state index contributed by atoms with van der Waals surface area (Å²) in [5, 5.41) is 10.8. The molecule has 0 bridgehead atoms. The number of carboxylic acids is 1. The standard InChI is InChI=1S/C3H5N3O3/c4-3(9)6-5-1-2(7)8/h1H,(H,7,8)(H3,4,6,9)/b5-1+. The van der Waals surface area contributed by atoms with Gasteiger partial charge in [0.05, 0.1) is 0 Å². The fourth-order valence-corrected chi connectivity index (χ4v) is 0.151. The summed E-state index contributed by atoms with van der Waals surface area (Å²) in [6, 6.07) is -0.896. The van der Waals surface area contributed by atoms with Gasteiger partial charge in [0.15, 0.2) is 0 Å². The first-order valence-electron chi connectivity index (χ1n) is 1.94. The average Bonchev–Trinajstić information content (AvgIpc) is 1.63. The van der Waals surface area contributed by atoms with Crippen molar-refractivity contribution in [2.45, 2.75) is 0 Å². The third-order valence-electron chi connectivity index (χ3n) is 0.350. The van der Waals surface area contributed by atoms with Crippen LogP contribution in [-0.2, 0) is 4.79 Å². The molecular formula is C3H5N3O3. The number of hydrazone groups is 1. The largest absolute Gasteiger partial charge is 0.477 e. The van der Waals surface area contributed by atoms with E-state index in [0.717, 1.165) is 0 Å². The fraction of sp³-hybridized carbons (Fsp3) is 0. The Balaban J connectivity index is 3.48. The summed E-state index contributed by atoms with van der Waals surface area (Å²) < 4.78 is 0. The maximum Gasteiger partial charge on any atom is 0.348 e.